The SMILES string of the molecule is CCc1cncc(C(=O)N2Cc3cn[nH]c3C(c3n[nH]c(CC)n3)C2)c1. The summed E-state index contributed by atoms with van der Waals surface area (Å²) in [5, 5.41) is 14.5. The Morgan fingerprint density at radius 3 is 2.88 bits per heavy atom. The molecule has 8 heteroatoms. The van der Waals surface area contributed by atoms with Crippen molar-refractivity contribution >= 4 is 5.91 Å². The number of carbonyl (C=O) groups excluding carboxylic acids is 1. The summed E-state index contributed by atoms with van der Waals surface area (Å²) >= 11 is 0. The highest BCUT2D eigenvalue weighted by atomic mass is 16.2. The third kappa shape index (κ3) is 2.87. The van der Waals surface area contributed by atoms with Crippen LogP contribution in [0.1, 0.15) is 58.6 Å². The van der Waals surface area contributed by atoms with Crippen LogP contribution in [0.5, 0.6) is 0 Å². The molecular weight excluding hydrogens is 330 g/mol. The summed E-state index contributed by atoms with van der Waals surface area (Å²) in [6, 6.07) is 1.91. The molecule has 1 atom stereocenters. The first-order chi connectivity index (χ1) is 12.7. The average molecular weight is 351 g/mol. The molecule has 0 spiro atoms. The van der Waals surface area contributed by atoms with Crippen LogP contribution < -0.4 is 0 Å². The molecule has 1 aliphatic heterocycles. The average Bonchev–Trinajstić information content (AvgIpc) is 3.35. The molecule has 1 amide bonds. The fourth-order valence-corrected chi connectivity index (χ4v) is 3.30. The normalized spacial score (nSPS) is 16.5. The number of aryl methyl sites for hydroxylation is 2. The van der Waals surface area contributed by atoms with Crippen molar-refractivity contribution in [1.29, 1.82) is 0 Å². The zero-order chi connectivity index (χ0) is 18.1. The zero-order valence-electron chi connectivity index (χ0n) is 14.9. The van der Waals surface area contributed by atoms with E-state index in [4.69, 9.17) is 0 Å². The summed E-state index contributed by atoms with van der Waals surface area (Å²) < 4.78 is 0. The smallest absolute Gasteiger partial charge is 0.255 e. The van der Waals surface area contributed by atoms with Crippen molar-refractivity contribution in [2.75, 3.05) is 6.54 Å². The van der Waals surface area contributed by atoms with Crippen LogP contribution in [0.2, 0.25) is 0 Å². The Labute approximate surface area is 151 Å². The molecule has 0 bridgehead atoms. The van der Waals surface area contributed by atoms with Crippen molar-refractivity contribution in [3.8, 4) is 0 Å². The molecule has 0 saturated carbocycles. The molecule has 0 aromatic carbocycles. The third-order valence-electron chi connectivity index (χ3n) is 4.80. The van der Waals surface area contributed by atoms with Gasteiger partial charge < -0.3 is 4.90 Å². The van der Waals surface area contributed by atoms with Crippen molar-refractivity contribution in [3.05, 3.63) is 58.7 Å². The van der Waals surface area contributed by atoms with Crippen molar-refractivity contribution in [1.82, 2.24) is 35.3 Å². The van der Waals surface area contributed by atoms with Gasteiger partial charge in [-0.25, -0.2) is 4.98 Å². The second kappa shape index (κ2) is 6.70. The van der Waals surface area contributed by atoms with E-state index in [0.29, 0.717) is 24.5 Å². The second-order valence-corrected chi connectivity index (χ2v) is 6.48. The lowest BCUT2D eigenvalue weighted by atomic mass is 9.95. The summed E-state index contributed by atoms with van der Waals surface area (Å²) in [6.45, 7) is 5.10. The molecule has 0 radical (unpaired) electrons. The molecule has 3 aromatic rings. The van der Waals surface area contributed by atoms with Gasteiger partial charge in [-0.3, -0.25) is 20.0 Å². The molecule has 4 heterocycles. The summed E-state index contributed by atoms with van der Waals surface area (Å²) in [5.41, 5.74) is 3.64. The van der Waals surface area contributed by atoms with Gasteiger partial charge in [-0.1, -0.05) is 13.8 Å². The van der Waals surface area contributed by atoms with Crippen molar-refractivity contribution in [2.24, 2.45) is 0 Å². The number of hydrogen-bond acceptors (Lipinski definition) is 5. The summed E-state index contributed by atoms with van der Waals surface area (Å²) in [6.07, 6.45) is 6.83. The van der Waals surface area contributed by atoms with Gasteiger partial charge in [0, 0.05) is 37.5 Å². The Balaban J connectivity index is 1.65. The first-order valence-corrected chi connectivity index (χ1v) is 8.86. The Morgan fingerprint density at radius 2 is 2.12 bits per heavy atom. The molecule has 26 heavy (non-hydrogen) atoms. The Morgan fingerprint density at radius 1 is 1.23 bits per heavy atom. The minimum Gasteiger partial charge on any atom is -0.333 e. The number of rotatable bonds is 4. The van der Waals surface area contributed by atoms with Gasteiger partial charge in [0.25, 0.3) is 5.91 Å². The van der Waals surface area contributed by atoms with Gasteiger partial charge in [0.1, 0.15) is 5.82 Å². The molecule has 134 valence electrons. The summed E-state index contributed by atoms with van der Waals surface area (Å²) in [7, 11) is 0. The van der Waals surface area contributed by atoms with Crippen LogP contribution in [-0.2, 0) is 19.4 Å². The molecule has 8 nitrogen and oxygen atoms in total. The number of amides is 1. The number of nitrogens with zero attached hydrogens (tertiary/aromatic N) is 5. The van der Waals surface area contributed by atoms with Crippen LogP contribution in [0.4, 0.5) is 0 Å². The van der Waals surface area contributed by atoms with Crippen LogP contribution in [0, 0.1) is 0 Å². The molecular formula is C18H21N7O. The largest absolute Gasteiger partial charge is 0.333 e. The van der Waals surface area contributed by atoms with E-state index in [2.05, 4.69) is 37.3 Å². The molecule has 0 aliphatic carbocycles. The summed E-state index contributed by atoms with van der Waals surface area (Å²) in [5.74, 6) is 1.37. The number of fused-ring (bicyclic) bond motifs is 1. The van der Waals surface area contributed by atoms with Crippen molar-refractivity contribution in [3.63, 3.8) is 0 Å². The molecule has 2 N–H and O–H groups in total. The maximum atomic E-state index is 13.0. The van der Waals surface area contributed by atoms with E-state index < -0.39 is 0 Å². The number of aromatic amines is 2. The molecule has 1 aliphatic rings. The molecule has 1 unspecified atom stereocenters. The van der Waals surface area contributed by atoms with Gasteiger partial charge >= 0.3 is 0 Å². The predicted octanol–water partition coefficient (Wildman–Crippen LogP) is 1.84. The lowest BCUT2D eigenvalue weighted by molar-refractivity contribution is 0.0722. The molecule has 0 saturated heterocycles. The van der Waals surface area contributed by atoms with Gasteiger partial charge in [-0.15, -0.1) is 0 Å². The van der Waals surface area contributed by atoms with Gasteiger partial charge in [-0.2, -0.15) is 10.2 Å². The maximum Gasteiger partial charge on any atom is 0.255 e. The Bertz CT molecular complexity index is 929. The van der Waals surface area contributed by atoms with Crippen LogP contribution in [0.25, 0.3) is 0 Å². The van der Waals surface area contributed by atoms with Crippen LogP contribution in [-0.4, -0.2) is 47.7 Å². The zero-order valence-corrected chi connectivity index (χ0v) is 14.9. The lowest BCUT2D eigenvalue weighted by Gasteiger charge is -2.31. The van der Waals surface area contributed by atoms with E-state index >= 15 is 0 Å². The third-order valence-corrected chi connectivity index (χ3v) is 4.80. The monoisotopic (exact) mass is 351 g/mol. The quantitative estimate of drug-likeness (QED) is 0.746. The number of pyridine rings is 1. The number of H-pyrrole nitrogens is 2. The van der Waals surface area contributed by atoms with Gasteiger partial charge in [0.15, 0.2) is 5.82 Å². The summed E-state index contributed by atoms with van der Waals surface area (Å²) in [4.78, 5) is 23.6. The molecule has 0 fully saturated rings. The van der Waals surface area contributed by atoms with E-state index in [0.717, 1.165) is 35.5 Å². The van der Waals surface area contributed by atoms with Crippen LogP contribution >= 0.6 is 0 Å². The number of carbonyl (C=O) groups is 1. The van der Waals surface area contributed by atoms with Crippen LogP contribution in [0.3, 0.4) is 0 Å². The highest BCUT2D eigenvalue weighted by molar-refractivity contribution is 5.94. The minimum absolute atomic E-state index is 0.0316. The van der Waals surface area contributed by atoms with E-state index in [-0.39, 0.29) is 11.8 Å². The van der Waals surface area contributed by atoms with E-state index in [1.54, 1.807) is 18.6 Å². The van der Waals surface area contributed by atoms with E-state index in [1.807, 2.05) is 17.9 Å². The van der Waals surface area contributed by atoms with E-state index in [9.17, 15) is 4.79 Å². The number of hydrogen-bond donors (Lipinski definition) is 2. The lowest BCUT2D eigenvalue weighted by Crippen LogP contribution is -2.38. The maximum absolute atomic E-state index is 13.0. The second-order valence-electron chi connectivity index (χ2n) is 6.48. The molecule has 4 rings (SSSR count). The van der Waals surface area contributed by atoms with Crippen molar-refractivity contribution < 1.29 is 4.79 Å². The first kappa shape index (κ1) is 16.4. The van der Waals surface area contributed by atoms with Gasteiger partial charge in [0.05, 0.1) is 23.4 Å². The Kier molecular flexibility index (Phi) is 4.24. The standard InChI is InChI=1S/C18H21N7O/c1-3-11-5-12(7-19-6-11)18(26)25-9-13-8-20-23-16(13)14(10-25)17-21-15(4-2)22-24-17/h5-8,14H,3-4,9-10H2,1-2H3,(H,20,23)(H,21,22,24). The Hall–Kier alpha value is -3.03. The van der Waals surface area contributed by atoms with Crippen molar-refractivity contribution in [2.45, 2.75) is 39.2 Å². The minimum atomic E-state index is -0.121. The van der Waals surface area contributed by atoms with Gasteiger partial charge in [-0.05, 0) is 18.1 Å². The number of nitrogens with one attached hydrogen (secondary N) is 2. The fraction of sp³-hybridized carbons (Fsp3) is 0.389. The first-order valence-electron chi connectivity index (χ1n) is 8.86. The van der Waals surface area contributed by atoms with Gasteiger partial charge in [0.2, 0.25) is 0 Å². The topological polar surface area (TPSA) is 103 Å². The highest BCUT2D eigenvalue weighted by Gasteiger charge is 2.33. The predicted molar refractivity (Wildman–Crippen MR) is 94.5 cm³/mol. The molecule has 3 aromatic heterocycles. The highest BCUT2D eigenvalue weighted by Crippen LogP contribution is 2.31. The number of aromatic nitrogens is 6. The van der Waals surface area contributed by atoms with Crippen LogP contribution in [0.15, 0.2) is 24.7 Å². The fourth-order valence-electron chi connectivity index (χ4n) is 3.30. The van der Waals surface area contributed by atoms with E-state index in [1.165, 1.54) is 0 Å².